The van der Waals surface area contributed by atoms with Crippen molar-refractivity contribution in [2.75, 3.05) is 10.6 Å². The van der Waals surface area contributed by atoms with Gasteiger partial charge in [-0.25, -0.2) is 0 Å². The van der Waals surface area contributed by atoms with Crippen molar-refractivity contribution in [3.05, 3.63) is 22.7 Å². The topological polar surface area (TPSA) is 41.1 Å². The van der Waals surface area contributed by atoms with Crippen LogP contribution in [0.1, 0.15) is 12.5 Å². The first-order valence-corrected chi connectivity index (χ1v) is 4.83. The van der Waals surface area contributed by atoms with Crippen LogP contribution in [0.15, 0.2) is 12.1 Å². The molecule has 0 radical (unpaired) electrons. The van der Waals surface area contributed by atoms with Crippen molar-refractivity contribution in [1.82, 2.24) is 0 Å². The van der Waals surface area contributed by atoms with Crippen molar-refractivity contribution < 1.29 is 4.79 Å². The summed E-state index contributed by atoms with van der Waals surface area (Å²) in [4.78, 5) is 11.4. The summed E-state index contributed by atoms with van der Waals surface area (Å²) in [5, 5.41) is 6.44. The fourth-order valence-electron chi connectivity index (χ4n) is 1.51. The number of nitrogens with one attached hydrogen (secondary N) is 2. The van der Waals surface area contributed by atoms with E-state index >= 15 is 0 Å². The first kappa shape index (κ1) is 9.34. The number of rotatable bonds is 0. The second kappa shape index (κ2) is 3.17. The minimum absolute atomic E-state index is 0.0525. The van der Waals surface area contributed by atoms with Gasteiger partial charge in [0.2, 0.25) is 5.91 Å². The molecule has 3 nitrogen and oxygen atoms in total. The van der Waals surface area contributed by atoms with Gasteiger partial charge in [0.05, 0.1) is 16.4 Å². The molecule has 1 atom stereocenters. The normalized spacial score (nSPS) is 19.6. The lowest BCUT2D eigenvalue weighted by Gasteiger charge is -2.25. The van der Waals surface area contributed by atoms with Crippen LogP contribution < -0.4 is 10.6 Å². The Morgan fingerprint density at radius 2 is 2.14 bits per heavy atom. The van der Waals surface area contributed by atoms with Crippen LogP contribution in [0.2, 0.25) is 5.02 Å². The lowest BCUT2D eigenvalue weighted by Crippen LogP contribution is -2.36. The van der Waals surface area contributed by atoms with E-state index < -0.39 is 0 Å². The Hall–Kier alpha value is -1.22. The highest BCUT2D eigenvalue weighted by Gasteiger charge is 2.23. The van der Waals surface area contributed by atoms with Crippen LogP contribution in [-0.2, 0) is 4.79 Å². The predicted octanol–water partition coefficient (Wildman–Crippen LogP) is 2.40. The maximum atomic E-state index is 11.4. The molecular formula is C10H11ClN2O. The van der Waals surface area contributed by atoms with Crippen molar-refractivity contribution in [2.24, 2.45) is 0 Å². The molecule has 0 aromatic heterocycles. The molecule has 0 aliphatic carbocycles. The second-order valence-electron chi connectivity index (χ2n) is 3.52. The van der Waals surface area contributed by atoms with E-state index in [4.69, 9.17) is 11.6 Å². The number of anilines is 2. The molecule has 1 heterocycles. The molecule has 2 rings (SSSR count). The zero-order valence-corrected chi connectivity index (χ0v) is 8.77. The molecule has 14 heavy (non-hydrogen) atoms. The second-order valence-corrected chi connectivity index (χ2v) is 3.93. The minimum Gasteiger partial charge on any atom is -0.372 e. The van der Waals surface area contributed by atoms with E-state index in [1.165, 1.54) is 0 Å². The van der Waals surface area contributed by atoms with Gasteiger partial charge in [-0.15, -0.1) is 0 Å². The van der Waals surface area contributed by atoms with Gasteiger partial charge in [0.25, 0.3) is 0 Å². The van der Waals surface area contributed by atoms with Crippen LogP contribution in [-0.4, -0.2) is 11.9 Å². The molecule has 2 N–H and O–H groups in total. The molecule has 0 bridgehead atoms. The van der Waals surface area contributed by atoms with E-state index in [1.807, 2.05) is 26.0 Å². The van der Waals surface area contributed by atoms with E-state index in [9.17, 15) is 4.79 Å². The van der Waals surface area contributed by atoms with Crippen molar-refractivity contribution in [2.45, 2.75) is 19.9 Å². The largest absolute Gasteiger partial charge is 0.372 e. The van der Waals surface area contributed by atoms with Crippen LogP contribution in [0.3, 0.4) is 0 Å². The minimum atomic E-state index is -0.208. The third kappa shape index (κ3) is 1.44. The third-order valence-electron chi connectivity index (χ3n) is 2.25. The van der Waals surface area contributed by atoms with Gasteiger partial charge in [-0.1, -0.05) is 11.6 Å². The molecule has 1 aliphatic rings. The fraction of sp³-hybridized carbons (Fsp3) is 0.300. The number of halogens is 1. The highest BCUT2D eigenvalue weighted by molar-refractivity contribution is 6.35. The first-order chi connectivity index (χ1) is 6.58. The predicted molar refractivity (Wildman–Crippen MR) is 57.9 cm³/mol. The van der Waals surface area contributed by atoms with Gasteiger partial charge in [0.1, 0.15) is 6.04 Å². The monoisotopic (exact) mass is 210 g/mol. The van der Waals surface area contributed by atoms with Gasteiger partial charge in [-0.2, -0.15) is 0 Å². The highest BCUT2D eigenvalue weighted by atomic mass is 35.5. The Balaban J connectivity index is 2.51. The average molecular weight is 211 g/mol. The van der Waals surface area contributed by atoms with Crippen LogP contribution >= 0.6 is 11.6 Å². The summed E-state index contributed by atoms with van der Waals surface area (Å²) in [6, 6.07) is 3.59. The molecule has 1 amide bonds. The molecule has 1 aliphatic heterocycles. The van der Waals surface area contributed by atoms with Gasteiger partial charge in [0, 0.05) is 0 Å². The quantitative estimate of drug-likeness (QED) is 0.691. The fourth-order valence-corrected chi connectivity index (χ4v) is 1.83. The Bertz CT molecular complexity index is 403. The molecule has 0 saturated carbocycles. The summed E-state index contributed by atoms with van der Waals surface area (Å²) in [6.07, 6.45) is 0. The number of fused-ring (bicyclic) bond motifs is 1. The summed E-state index contributed by atoms with van der Waals surface area (Å²) in [5.41, 5.74) is 2.65. The first-order valence-electron chi connectivity index (χ1n) is 4.45. The molecule has 0 fully saturated rings. The van der Waals surface area contributed by atoms with Gasteiger partial charge in [-0.05, 0) is 31.5 Å². The molecule has 1 aromatic carbocycles. The lowest BCUT2D eigenvalue weighted by atomic mass is 10.1. The van der Waals surface area contributed by atoms with Gasteiger partial charge < -0.3 is 10.6 Å². The van der Waals surface area contributed by atoms with E-state index in [0.717, 1.165) is 11.3 Å². The summed E-state index contributed by atoms with van der Waals surface area (Å²) in [7, 11) is 0. The number of benzene rings is 1. The Labute approximate surface area is 87.4 Å². The summed E-state index contributed by atoms with van der Waals surface area (Å²) < 4.78 is 0. The van der Waals surface area contributed by atoms with Crippen LogP contribution in [0.25, 0.3) is 0 Å². The summed E-state index contributed by atoms with van der Waals surface area (Å²) >= 11 is 6.01. The zero-order chi connectivity index (χ0) is 10.3. The van der Waals surface area contributed by atoms with E-state index in [2.05, 4.69) is 10.6 Å². The molecule has 0 spiro atoms. The number of carbonyl (C=O) groups is 1. The van der Waals surface area contributed by atoms with E-state index in [0.29, 0.717) is 10.7 Å². The molecular weight excluding hydrogens is 200 g/mol. The molecule has 74 valence electrons. The lowest BCUT2D eigenvalue weighted by molar-refractivity contribution is -0.116. The average Bonchev–Trinajstić information content (AvgIpc) is 2.08. The van der Waals surface area contributed by atoms with Gasteiger partial charge >= 0.3 is 0 Å². The standard InChI is InChI=1S/C10H11ClN2O/c1-5-3-7(11)9-8(4-5)12-6(2)10(14)13-9/h3-4,6,12H,1-2H3,(H,13,14). The van der Waals surface area contributed by atoms with Crippen LogP contribution in [0.5, 0.6) is 0 Å². The van der Waals surface area contributed by atoms with Crippen molar-refractivity contribution in [1.29, 1.82) is 0 Å². The smallest absolute Gasteiger partial charge is 0.246 e. The van der Waals surface area contributed by atoms with E-state index in [1.54, 1.807) is 0 Å². The zero-order valence-electron chi connectivity index (χ0n) is 8.02. The third-order valence-corrected chi connectivity index (χ3v) is 2.55. The Kier molecular flexibility index (Phi) is 2.11. The molecule has 1 aromatic rings. The number of carbonyl (C=O) groups excluding carboxylic acids is 1. The Morgan fingerprint density at radius 1 is 1.43 bits per heavy atom. The molecule has 0 saturated heterocycles. The SMILES string of the molecule is Cc1cc(Cl)c2c(c1)NC(C)C(=O)N2. The van der Waals surface area contributed by atoms with Crippen molar-refractivity contribution in [3.63, 3.8) is 0 Å². The number of aryl methyl sites for hydroxylation is 1. The van der Waals surface area contributed by atoms with Crippen molar-refractivity contribution in [3.8, 4) is 0 Å². The molecule has 1 unspecified atom stereocenters. The van der Waals surface area contributed by atoms with Gasteiger partial charge in [-0.3, -0.25) is 4.79 Å². The Morgan fingerprint density at radius 3 is 2.86 bits per heavy atom. The summed E-state index contributed by atoms with van der Waals surface area (Å²) in [6.45, 7) is 3.78. The van der Waals surface area contributed by atoms with Crippen molar-refractivity contribution >= 4 is 28.9 Å². The van der Waals surface area contributed by atoms with E-state index in [-0.39, 0.29) is 11.9 Å². The number of amides is 1. The number of hydrogen-bond donors (Lipinski definition) is 2. The van der Waals surface area contributed by atoms with Gasteiger partial charge in [0.15, 0.2) is 0 Å². The maximum absolute atomic E-state index is 11.4. The highest BCUT2D eigenvalue weighted by Crippen LogP contribution is 2.34. The number of hydrogen-bond acceptors (Lipinski definition) is 2. The maximum Gasteiger partial charge on any atom is 0.246 e. The summed E-state index contributed by atoms with van der Waals surface area (Å²) in [5.74, 6) is -0.0525. The van der Waals surface area contributed by atoms with Crippen LogP contribution in [0.4, 0.5) is 11.4 Å². The van der Waals surface area contributed by atoms with Crippen LogP contribution in [0, 0.1) is 6.92 Å². The molecule has 4 heteroatoms.